The van der Waals surface area contributed by atoms with Gasteiger partial charge in [-0.25, -0.2) is 4.98 Å². The minimum Gasteiger partial charge on any atom is -0.439 e. The summed E-state index contributed by atoms with van der Waals surface area (Å²) in [6.07, 6.45) is 0.791. The van der Waals surface area contributed by atoms with Crippen molar-refractivity contribution in [3.8, 4) is 0 Å². The molecule has 1 unspecified atom stereocenters. The van der Waals surface area contributed by atoms with Gasteiger partial charge in [0.05, 0.1) is 12.6 Å². The number of aromatic nitrogens is 1. The van der Waals surface area contributed by atoms with Crippen LogP contribution < -0.4 is 5.73 Å². The maximum absolute atomic E-state index is 8.98. The summed E-state index contributed by atoms with van der Waals surface area (Å²) < 4.78 is 5.50. The van der Waals surface area contributed by atoms with Gasteiger partial charge in [0, 0.05) is 0 Å². The average molecular weight is 206 g/mol. The van der Waals surface area contributed by atoms with Crippen molar-refractivity contribution < 1.29 is 9.52 Å². The van der Waals surface area contributed by atoms with E-state index >= 15 is 0 Å². The topological polar surface area (TPSA) is 72.3 Å². The van der Waals surface area contributed by atoms with Crippen molar-refractivity contribution in [3.05, 3.63) is 29.7 Å². The van der Waals surface area contributed by atoms with Crippen molar-refractivity contribution in [2.75, 3.05) is 0 Å². The van der Waals surface area contributed by atoms with Crippen LogP contribution in [-0.2, 0) is 6.61 Å². The molecule has 1 aromatic carbocycles. The predicted octanol–water partition coefficient (Wildman–Crippen LogP) is 1.73. The normalized spacial score (nSPS) is 13.3. The van der Waals surface area contributed by atoms with Gasteiger partial charge in [-0.3, -0.25) is 0 Å². The summed E-state index contributed by atoms with van der Waals surface area (Å²) in [5, 5.41) is 8.98. The number of aliphatic hydroxyl groups excluding tert-OH is 1. The minimum absolute atomic E-state index is 0.0119. The van der Waals surface area contributed by atoms with E-state index in [2.05, 4.69) is 4.98 Å². The van der Waals surface area contributed by atoms with E-state index in [1.807, 2.05) is 19.1 Å². The Morgan fingerprint density at radius 3 is 3.00 bits per heavy atom. The summed E-state index contributed by atoms with van der Waals surface area (Å²) in [5.74, 6) is 0.558. The number of nitrogens with two attached hydrogens (primary N) is 1. The smallest absolute Gasteiger partial charge is 0.212 e. The van der Waals surface area contributed by atoms with Crippen LogP contribution in [0.3, 0.4) is 0 Å². The first-order valence-corrected chi connectivity index (χ1v) is 5.00. The predicted molar refractivity (Wildman–Crippen MR) is 57.2 cm³/mol. The van der Waals surface area contributed by atoms with Gasteiger partial charge in [-0.15, -0.1) is 0 Å². The Hall–Kier alpha value is -1.39. The van der Waals surface area contributed by atoms with Gasteiger partial charge in [-0.1, -0.05) is 13.0 Å². The standard InChI is InChI=1S/C11H14N2O2/c1-2-8(12)11-13-9-5-7(6-14)3-4-10(9)15-11/h3-5,8,14H,2,6,12H2,1H3. The van der Waals surface area contributed by atoms with Crippen molar-refractivity contribution in [1.82, 2.24) is 4.98 Å². The Kier molecular flexibility index (Phi) is 2.70. The van der Waals surface area contributed by atoms with Gasteiger partial charge >= 0.3 is 0 Å². The number of benzene rings is 1. The van der Waals surface area contributed by atoms with Crippen LogP contribution in [-0.4, -0.2) is 10.1 Å². The molecule has 2 aromatic rings. The summed E-state index contributed by atoms with van der Waals surface area (Å²) in [7, 11) is 0. The zero-order valence-corrected chi connectivity index (χ0v) is 8.60. The lowest BCUT2D eigenvalue weighted by Gasteiger charge is -2.00. The van der Waals surface area contributed by atoms with Crippen LogP contribution in [0, 0.1) is 0 Å². The maximum Gasteiger partial charge on any atom is 0.212 e. The van der Waals surface area contributed by atoms with Crippen LogP contribution >= 0.6 is 0 Å². The van der Waals surface area contributed by atoms with E-state index < -0.39 is 0 Å². The second kappa shape index (κ2) is 4.00. The molecule has 0 spiro atoms. The zero-order chi connectivity index (χ0) is 10.8. The molecular weight excluding hydrogens is 192 g/mol. The summed E-state index contributed by atoms with van der Waals surface area (Å²) in [5.41, 5.74) is 8.11. The molecule has 0 bridgehead atoms. The number of nitrogens with zero attached hydrogens (tertiary/aromatic N) is 1. The highest BCUT2D eigenvalue weighted by atomic mass is 16.3. The average Bonchev–Trinajstić information content (AvgIpc) is 2.70. The van der Waals surface area contributed by atoms with Crippen molar-refractivity contribution in [1.29, 1.82) is 0 Å². The van der Waals surface area contributed by atoms with Gasteiger partial charge in [0.1, 0.15) is 5.52 Å². The zero-order valence-electron chi connectivity index (χ0n) is 8.60. The second-order valence-electron chi connectivity index (χ2n) is 3.53. The van der Waals surface area contributed by atoms with Crippen LogP contribution in [0.15, 0.2) is 22.6 Å². The molecule has 15 heavy (non-hydrogen) atoms. The number of hydrogen-bond acceptors (Lipinski definition) is 4. The van der Waals surface area contributed by atoms with Gasteiger partial charge in [0.25, 0.3) is 0 Å². The van der Waals surface area contributed by atoms with Crippen LogP contribution in [0.1, 0.15) is 30.8 Å². The van der Waals surface area contributed by atoms with Gasteiger partial charge in [0.2, 0.25) is 5.89 Å². The third-order valence-electron chi connectivity index (χ3n) is 2.41. The van der Waals surface area contributed by atoms with Crippen LogP contribution in [0.2, 0.25) is 0 Å². The van der Waals surface area contributed by atoms with Crippen LogP contribution in [0.4, 0.5) is 0 Å². The molecule has 80 valence electrons. The molecule has 3 N–H and O–H groups in total. The molecule has 4 nitrogen and oxygen atoms in total. The lowest BCUT2D eigenvalue weighted by atomic mass is 10.2. The van der Waals surface area contributed by atoms with E-state index in [9.17, 15) is 0 Å². The summed E-state index contributed by atoms with van der Waals surface area (Å²) >= 11 is 0. The number of fused-ring (bicyclic) bond motifs is 1. The van der Waals surface area contributed by atoms with Crippen LogP contribution in [0.5, 0.6) is 0 Å². The van der Waals surface area contributed by atoms with Crippen molar-refractivity contribution >= 4 is 11.1 Å². The fraction of sp³-hybridized carbons (Fsp3) is 0.364. The molecule has 2 rings (SSSR count). The maximum atomic E-state index is 8.98. The first kappa shape index (κ1) is 10.1. The largest absolute Gasteiger partial charge is 0.439 e. The van der Waals surface area contributed by atoms with Gasteiger partial charge in [0.15, 0.2) is 5.58 Å². The third kappa shape index (κ3) is 1.86. The highest BCUT2D eigenvalue weighted by Gasteiger charge is 2.11. The lowest BCUT2D eigenvalue weighted by Crippen LogP contribution is -2.08. The number of aliphatic hydroxyl groups is 1. The molecule has 0 aliphatic carbocycles. The number of oxazole rings is 1. The summed E-state index contributed by atoms with van der Waals surface area (Å²) in [4.78, 5) is 4.29. The molecule has 4 heteroatoms. The molecule has 0 aliphatic heterocycles. The van der Waals surface area contributed by atoms with E-state index in [0.29, 0.717) is 11.5 Å². The first-order valence-electron chi connectivity index (χ1n) is 5.00. The van der Waals surface area contributed by atoms with Crippen LogP contribution in [0.25, 0.3) is 11.1 Å². The fourth-order valence-electron chi connectivity index (χ4n) is 1.42. The Morgan fingerprint density at radius 2 is 2.33 bits per heavy atom. The molecule has 1 heterocycles. The number of rotatable bonds is 3. The highest BCUT2D eigenvalue weighted by molar-refractivity contribution is 5.73. The molecule has 0 fully saturated rings. The van der Waals surface area contributed by atoms with E-state index in [1.165, 1.54) is 0 Å². The van der Waals surface area contributed by atoms with Gasteiger partial charge in [-0.2, -0.15) is 0 Å². The van der Waals surface area contributed by atoms with E-state index in [0.717, 1.165) is 17.5 Å². The van der Waals surface area contributed by atoms with Crippen molar-refractivity contribution in [2.24, 2.45) is 5.73 Å². The van der Waals surface area contributed by atoms with Crippen molar-refractivity contribution in [2.45, 2.75) is 26.0 Å². The number of hydrogen-bond donors (Lipinski definition) is 2. The lowest BCUT2D eigenvalue weighted by molar-refractivity contribution is 0.282. The molecule has 1 atom stereocenters. The molecule has 0 amide bonds. The quantitative estimate of drug-likeness (QED) is 0.802. The van der Waals surface area contributed by atoms with Crippen molar-refractivity contribution in [3.63, 3.8) is 0 Å². The summed E-state index contributed by atoms with van der Waals surface area (Å²) in [6.45, 7) is 2.00. The minimum atomic E-state index is -0.157. The molecule has 0 radical (unpaired) electrons. The van der Waals surface area contributed by atoms with E-state index in [1.54, 1.807) is 6.07 Å². The fourth-order valence-corrected chi connectivity index (χ4v) is 1.42. The molecule has 0 aliphatic rings. The van der Waals surface area contributed by atoms with E-state index in [-0.39, 0.29) is 12.6 Å². The Morgan fingerprint density at radius 1 is 1.53 bits per heavy atom. The molecular formula is C11H14N2O2. The third-order valence-corrected chi connectivity index (χ3v) is 2.41. The molecule has 0 saturated carbocycles. The van der Waals surface area contributed by atoms with E-state index in [4.69, 9.17) is 15.3 Å². The van der Waals surface area contributed by atoms with Gasteiger partial charge in [-0.05, 0) is 24.1 Å². The Bertz CT molecular complexity index is 465. The monoisotopic (exact) mass is 206 g/mol. The highest BCUT2D eigenvalue weighted by Crippen LogP contribution is 2.21. The SMILES string of the molecule is CCC(N)c1nc2cc(CO)ccc2o1. The Balaban J connectivity index is 2.46. The summed E-state index contributed by atoms with van der Waals surface area (Å²) in [6, 6.07) is 5.27. The second-order valence-corrected chi connectivity index (χ2v) is 3.53. The molecule has 1 aromatic heterocycles. The van der Waals surface area contributed by atoms with Gasteiger partial charge < -0.3 is 15.3 Å². The first-order chi connectivity index (χ1) is 7.24. The molecule has 0 saturated heterocycles. The Labute approximate surface area is 87.7 Å².